The Kier molecular flexibility index (Phi) is 7.87. The predicted octanol–water partition coefficient (Wildman–Crippen LogP) is 3.42. The van der Waals surface area contributed by atoms with Crippen molar-refractivity contribution in [1.82, 2.24) is 10.2 Å². The van der Waals surface area contributed by atoms with Crippen LogP contribution in [-0.4, -0.2) is 36.6 Å². The highest BCUT2D eigenvalue weighted by atomic mass is 15.1. The van der Waals surface area contributed by atoms with E-state index in [1.807, 2.05) is 0 Å². The van der Waals surface area contributed by atoms with Gasteiger partial charge in [-0.25, -0.2) is 0 Å². The first kappa shape index (κ1) is 15.0. The summed E-state index contributed by atoms with van der Waals surface area (Å²) in [4.78, 5) is 2.71. The minimum absolute atomic E-state index is 0.639. The van der Waals surface area contributed by atoms with Gasteiger partial charge in [0.2, 0.25) is 0 Å². The molecule has 1 rings (SSSR count). The summed E-state index contributed by atoms with van der Waals surface area (Å²) in [5.41, 5.74) is 0. The largest absolute Gasteiger partial charge is 0.315 e. The topological polar surface area (TPSA) is 15.3 Å². The maximum atomic E-state index is 3.49. The first-order valence-corrected chi connectivity index (χ1v) is 7.67. The summed E-state index contributed by atoms with van der Waals surface area (Å²) < 4.78 is 0. The van der Waals surface area contributed by atoms with Crippen molar-refractivity contribution in [2.45, 2.75) is 77.8 Å². The van der Waals surface area contributed by atoms with Gasteiger partial charge < -0.3 is 10.2 Å². The smallest absolute Gasteiger partial charge is 0.00669 e. The van der Waals surface area contributed by atoms with Gasteiger partial charge in [0.15, 0.2) is 0 Å². The summed E-state index contributed by atoms with van der Waals surface area (Å²) in [6.07, 6.45) is 9.80. The molecule has 0 aromatic carbocycles. The van der Waals surface area contributed by atoms with E-state index in [4.69, 9.17) is 0 Å². The Hall–Kier alpha value is -0.0800. The van der Waals surface area contributed by atoms with E-state index >= 15 is 0 Å². The normalized spacial score (nSPS) is 22.9. The summed E-state index contributed by atoms with van der Waals surface area (Å²) in [7, 11) is 0. The lowest BCUT2D eigenvalue weighted by Crippen LogP contribution is -2.33. The first-order chi connectivity index (χ1) is 8.20. The molecule has 0 saturated carbocycles. The minimum atomic E-state index is 0.639. The van der Waals surface area contributed by atoms with Gasteiger partial charge in [0, 0.05) is 12.1 Å². The fourth-order valence-corrected chi connectivity index (χ4v) is 2.67. The van der Waals surface area contributed by atoms with Crippen molar-refractivity contribution >= 4 is 0 Å². The number of nitrogens with zero attached hydrogens (tertiary/aromatic N) is 1. The summed E-state index contributed by atoms with van der Waals surface area (Å²) in [6.45, 7) is 10.7. The summed E-state index contributed by atoms with van der Waals surface area (Å²) >= 11 is 0. The van der Waals surface area contributed by atoms with Crippen LogP contribution in [-0.2, 0) is 0 Å². The van der Waals surface area contributed by atoms with Crippen LogP contribution in [0.3, 0.4) is 0 Å². The fourth-order valence-electron chi connectivity index (χ4n) is 2.67. The first-order valence-electron chi connectivity index (χ1n) is 7.67. The molecule has 2 heteroatoms. The van der Waals surface area contributed by atoms with Crippen LogP contribution < -0.4 is 5.32 Å². The second kappa shape index (κ2) is 8.93. The van der Waals surface area contributed by atoms with Crippen LogP contribution in [0.1, 0.15) is 65.7 Å². The van der Waals surface area contributed by atoms with E-state index in [1.165, 1.54) is 64.6 Å². The van der Waals surface area contributed by atoms with Crippen LogP contribution >= 0.6 is 0 Å². The third-order valence-electron chi connectivity index (χ3n) is 3.87. The molecule has 1 saturated heterocycles. The van der Waals surface area contributed by atoms with Gasteiger partial charge in [0.1, 0.15) is 0 Å². The van der Waals surface area contributed by atoms with Crippen LogP contribution in [0.25, 0.3) is 0 Å². The van der Waals surface area contributed by atoms with Crippen LogP contribution in [0.5, 0.6) is 0 Å². The van der Waals surface area contributed by atoms with Gasteiger partial charge in [-0.05, 0) is 52.2 Å². The molecule has 1 aliphatic heterocycles. The monoisotopic (exact) mass is 240 g/mol. The highest BCUT2D eigenvalue weighted by Crippen LogP contribution is 2.16. The lowest BCUT2D eigenvalue weighted by Gasteiger charge is -2.26. The molecule has 0 aromatic heterocycles. The Morgan fingerprint density at radius 3 is 2.71 bits per heavy atom. The predicted molar refractivity (Wildman–Crippen MR) is 76.5 cm³/mol. The molecule has 0 aliphatic carbocycles. The lowest BCUT2D eigenvalue weighted by molar-refractivity contribution is 0.209. The van der Waals surface area contributed by atoms with E-state index in [0.717, 1.165) is 6.04 Å². The Labute approximate surface area is 108 Å². The molecule has 1 unspecified atom stereocenters. The maximum absolute atomic E-state index is 3.49. The van der Waals surface area contributed by atoms with Gasteiger partial charge in [-0.2, -0.15) is 0 Å². The van der Waals surface area contributed by atoms with E-state index < -0.39 is 0 Å². The Bertz CT molecular complexity index is 180. The van der Waals surface area contributed by atoms with Gasteiger partial charge >= 0.3 is 0 Å². The Morgan fingerprint density at radius 1 is 1.12 bits per heavy atom. The number of hydrogen-bond donors (Lipinski definition) is 1. The van der Waals surface area contributed by atoms with Crippen molar-refractivity contribution in [2.75, 3.05) is 19.6 Å². The molecule has 1 aliphatic rings. The quantitative estimate of drug-likeness (QED) is 0.686. The Morgan fingerprint density at radius 2 is 1.94 bits per heavy atom. The third-order valence-corrected chi connectivity index (χ3v) is 3.87. The number of rotatable bonds is 7. The standard InChI is InChI=1S/C15H32N2/c1-14(2)16-11-7-5-9-13-17-12-8-4-6-10-15(17)3/h14-16H,4-13H2,1-3H3. The zero-order valence-corrected chi connectivity index (χ0v) is 12.2. The maximum Gasteiger partial charge on any atom is 0.00669 e. The minimum Gasteiger partial charge on any atom is -0.315 e. The van der Waals surface area contributed by atoms with Gasteiger partial charge in [0.25, 0.3) is 0 Å². The molecule has 0 radical (unpaired) electrons. The summed E-state index contributed by atoms with van der Waals surface area (Å²) in [6, 6.07) is 1.46. The highest BCUT2D eigenvalue weighted by molar-refractivity contribution is 4.71. The SMILES string of the molecule is CC(C)NCCCCCN1CCCCCC1C. The average Bonchev–Trinajstić information content (AvgIpc) is 2.48. The molecule has 0 spiro atoms. The van der Waals surface area contributed by atoms with Crippen LogP contribution in [0.2, 0.25) is 0 Å². The molecule has 17 heavy (non-hydrogen) atoms. The third kappa shape index (κ3) is 7.05. The molecule has 0 aromatic rings. The average molecular weight is 240 g/mol. The van der Waals surface area contributed by atoms with Crippen molar-refractivity contribution in [3.63, 3.8) is 0 Å². The molecular formula is C15H32N2. The molecule has 2 nitrogen and oxygen atoms in total. The van der Waals surface area contributed by atoms with Gasteiger partial charge in [-0.3, -0.25) is 0 Å². The van der Waals surface area contributed by atoms with Gasteiger partial charge in [0.05, 0.1) is 0 Å². The number of unbranched alkanes of at least 4 members (excludes halogenated alkanes) is 2. The fraction of sp³-hybridized carbons (Fsp3) is 1.00. The highest BCUT2D eigenvalue weighted by Gasteiger charge is 2.15. The van der Waals surface area contributed by atoms with Crippen molar-refractivity contribution in [3.8, 4) is 0 Å². The molecule has 102 valence electrons. The lowest BCUT2D eigenvalue weighted by atomic mass is 10.1. The molecule has 1 atom stereocenters. The van der Waals surface area contributed by atoms with E-state index in [1.54, 1.807) is 0 Å². The second-order valence-corrected chi connectivity index (χ2v) is 5.90. The van der Waals surface area contributed by atoms with Crippen molar-refractivity contribution in [2.24, 2.45) is 0 Å². The number of hydrogen-bond acceptors (Lipinski definition) is 2. The van der Waals surface area contributed by atoms with E-state index in [0.29, 0.717) is 6.04 Å². The zero-order valence-electron chi connectivity index (χ0n) is 12.2. The van der Waals surface area contributed by atoms with E-state index in [2.05, 4.69) is 31.0 Å². The molecule has 1 N–H and O–H groups in total. The molecule has 1 heterocycles. The molecule has 0 amide bonds. The van der Waals surface area contributed by atoms with Gasteiger partial charge in [-0.1, -0.05) is 33.1 Å². The second-order valence-electron chi connectivity index (χ2n) is 5.90. The molecular weight excluding hydrogens is 208 g/mol. The van der Waals surface area contributed by atoms with Crippen molar-refractivity contribution in [1.29, 1.82) is 0 Å². The summed E-state index contributed by atoms with van der Waals surface area (Å²) in [5, 5.41) is 3.49. The zero-order chi connectivity index (χ0) is 12.5. The van der Waals surface area contributed by atoms with E-state index in [-0.39, 0.29) is 0 Å². The van der Waals surface area contributed by atoms with Crippen molar-refractivity contribution < 1.29 is 0 Å². The molecule has 1 fully saturated rings. The Balaban J connectivity index is 2.00. The van der Waals surface area contributed by atoms with Crippen LogP contribution in [0.15, 0.2) is 0 Å². The van der Waals surface area contributed by atoms with Crippen LogP contribution in [0, 0.1) is 0 Å². The van der Waals surface area contributed by atoms with E-state index in [9.17, 15) is 0 Å². The van der Waals surface area contributed by atoms with Crippen LogP contribution in [0.4, 0.5) is 0 Å². The number of likely N-dealkylation sites (tertiary alicyclic amines) is 1. The summed E-state index contributed by atoms with van der Waals surface area (Å²) in [5.74, 6) is 0. The van der Waals surface area contributed by atoms with Gasteiger partial charge in [-0.15, -0.1) is 0 Å². The number of nitrogens with one attached hydrogen (secondary N) is 1. The molecule has 0 bridgehead atoms. The van der Waals surface area contributed by atoms with Crippen molar-refractivity contribution in [3.05, 3.63) is 0 Å².